The highest BCUT2D eigenvalue weighted by molar-refractivity contribution is 5.27. The fourth-order valence-electron chi connectivity index (χ4n) is 5.72. The zero-order chi connectivity index (χ0) is 20.1. The topological polar surface area (TPSA) is 15.7 Å². The molecule has 0 bridgehead atoms. The molecule has 158 valence electrons. The molecule has 1 saturated heterocycles. The van der Waals surface area contributed by atoms with Crippen LogP contribution in [0.25, 0.3) is 0 Å². The first-order valence-corrected chi connectivity index (χ1v) is 11.6. The van der Waals surface area contributed by atoms with Crippen molar-refractivity contribution in [1.29, 1.82) is 0 Å². The summed E-state index contributed by atoms with van der Waals surface area (Å²) in [5, 5.41) is 0. The average Bonchev–Trinajstić information content (AvgIpc) is 3.11. The first-order chi connectivity index (χ1) is 13.5. The molecule has 1 aliphatic carbocycles. The van der Waals surface area contributed by atoms with E-state index in [9.17, 15) is 0 Å². The van der Waals surface area contributed by atoms with E-state index in [1.807, 2.05) is 7.11 Å². The lowest BCUT2D eigenvalue weighted by atomic mass is 9.71. The number of rotatable bonds is 9. The van der Waals surface area contributed by atoms with E-state index >= 15 is 0 Å². The summed E-state index contributed by atoms with van der Waals surface area (Å²) in [4.78, 5) is 5.06. The molecule has 4 atom stereocenters. The second-order valence-corrected chi connectivity index (χ2v) is 9.58. The molecule has 2 aliphatic rings. The SMILES string of the molecule is CCCN(C)CCc1ccc(C2CCCC3CN(C(OC)C(C)C)CC32)cc1. The Kier molecular flexibility index (Phi) is 7.96. The highest BCUT2D eigenvalue weighted by Gasteiger charge is 2.43. The Morgan fingerprint density at radius 3 is 2.50 bits per heavy atom. The van der Waals surface area contributed by atoms with Crippen LogP contribution < -0.4 is 0 Å². The molecule has 0 radical (unpaired) electrons. The van der Waals surface area contributed by atoms with E-state index in [0.717, 1.165) is 30.7 Å². The lowest BCUT2D eigenvalue weighted by molar-refractivity contribution is -0.0531. The Balaban J connectivity index is 1.63. The number of benzene rings is 1. The molecule has 0 aromatic heterocycles. The van der Waals surface area contributed by atoms with Gasteiger partial charge >= 0.3 is 0 Å². The van der Waals surface area contributed by atoms with E-state index in [2.05, 4.69) is 61.9 Å². The molecule has 1 aromatic rings. The molecule has 0 amide bonds. The number of likely N-dealkylation sites (tertiary alicyclic amines) is 1. The third-order valence-corrected chi connectivity index (χ3v) is 7.09. The van der Waals surface area contributed by atoms with Gasteiger partial charge in [0.25, 0.3) is 0 Å². The van der Waals surface area contributed by atoms with E-state index in [1.54, 1.807) is 5.56 Å². The smallest absolute Gasteiger partial charge is 0.112 e. The van der Waals surface area contributed by atoms with Crippen LogP contribution in [0.4, 0.5) is 0 Å². The van der Waals surface area contributed by atoms with Crippen molar-refractivity contribution in [2.45, 2.75) is 65.0 Å². The van der Waals surface area contributed by atoms with Crippen molar-refractivity contribution in [3.8, 4) is 0 Å². The van der Waals surface area contributed by atoms with E-state index < -0.39 is 0 Å². The number of likely N-dealkylation sites (N-methyl/N-ethyl adjacent to an activating group) is 1. The lowest BCUT2D eigenvalue weighted by Crippen LogP contribution is -2.39. The van der Waals surface area contributed by atoms with Crippen LogP contribution in [0, 0.1) is 17.8 Å². The number of nitrogens with zero attached hydrogens (tertiary/aromatic N) is 2. The number of methoxy groups -OCH3 is 1. The summed E-state index contributed by atoms with van der Waals surface area (Å²) >= 11 is 0. The lowest BCUT2D eigenvalue weighted by Gasteiger charge is -2.33. The van der Waals surface area contributed by atoms with Gasteiger partial charge in [0.2, 0.25) is 0 Å². The molecule has 0 spiro atoms. The predicted octanol–water partition coefficient (Wildman–Crippen LogP) is 5.01. The minimum atomic E-state index is 0.272. The van der Waals surface area contributed by atoms with Crippen molar-refractivity contribution >= 4 is 0 Å². The van der Waals surface area contributed by atoms with Crippen LogP contribution in [0.15, 0.2) is 24.3 Å². The number of fused-ring (bicyclic) bond motifs is 1. The van der Waals surface area contributed by atoms with Gasteiger partial charge in [-0.15, -0.1) is 0 Å². The molecule has 1 aromatic carbocycles. The van der Waals surface area contributed by atoms with Gasteiger partial charge in [0.15, 0.2) is 0 Å². The van der Waals surface area contributed by atoms with E-state index in [0.29, 0.717) is 5.92 Å². The molecule has 28 heavy (non-hydrogen) atoms. The second-order valence-electron chi connectivity index (χ2n) is 9.58. The molecule has 1 aliphatic heterocycles. The first kappa shape index (κ1) is 21.8. The first-order valence-electron chi connectivity index (χ1n) is 11.6. The molecule has 3 heteroatoms. The summed E-state index contributed by atoms with van der Waals surface area (Å²) in [5.41, 5.74) is 3.05. The Morgan fingerprint density at radius 2 is 1.86 bits per heavy atom. The molecule has 2 fully saturated rings. The molecule has 0 N–H and O–H groups in total. The van der Waals surface area contributed by atoms with Crippen LogP contribution in [0.1, 0.15) is 63.5 Å². The van der Waals surface area contributed by atoms with Crippen LogP contribution in [0.2, 0.25) is 0 Å². The Labute approximate surface area is 173 Å². The third kappa shape index (κ3) is 5.17. The van der Waals surface area contributed by atoms with Gasteiger partial charge in [-0.2, -0.15) is 0 Å². The van der Waals surface area contributed by atoms with E-state index in [-0.39, 0.29) is 6.23 Å². The summed E-state index contributed by atoms with van der Waals surface area (Å²) in [6.07, 6.45) is 6.79. The van der Waals surface area contributed by atoms with Gasteiger partial charge in [-0.25, -0.2) is 0 Å². The van der Waals surface area contributed by atoms with Crippen LogP contribution in [-0.2, 0) is 11.2 Å². The predicted molar refractivity (Wildman–Crippen MR) is 119 cm³/mol. The van der Waals surface area contributed by atoms with E-state index in [1.165, 1.54) is 50.9 Å². The summed E-state index contributed by atoms with van der Waals surface area (Å²) < 4.78 is 5.84. The van der Waals surface area contributed by atoms with Gasteiger partial charge in [0.05, 0.1) is 0 Å². The van der Waals surface area contributed by atoms with Gasteiger partial charge in [-0.1, -0.05) is 51.5 Å². The fraction of sp³-hybridized carbons (Fsp3) is 0.760. The van der Waals surface area contributed by atoms with Crippen LogP contribution in [0.5, 0.6) is 0 Å². The normalized spacial score (nSPS) is 26.8. The molecule has 1 saturated carbocycles. The van der Waals surface area contributed by atoms with Crippen molar-refractivity contribution < 1.29 is 4.74 Å². The Bertz CT molecular complexity index is 585. The highest BCUT2D eigenvalue weighted by atomic mass is 16.5. The number of hydrogen-bond donors (Lipinski definition) is 0. The fourth-order valence-corrected chi connectivity index (χ4v) is 5.72. The van der Waals surface area contributed by atoms with Crippen molar-refractivity contribution in [2.75, 3.05) is 40.3 Å². The zero-order valence-corrected chi connectivity index (χ0v) is 18.9. The summed E-state index contributed by atoms with van der Waals surface area (Å²) in [7, 11) is 4.11. The second kappa shape index (κ2) is 10.2. The maximum atomic E-state index is 5.84. The van der Waals surface area contributed by atoms with Crippen LogP contribution in [0.3, 0.4) is 0 Å². The zero-order valence-electron chi connectivity index (χ0n) is 18.9. The van der Waals surface area contributed by atoms with Crippen molar-refractivity contribution in [2.24, 2.45) is 17.8 Å². The molecule has 1 heterocycles. The maximum absolute atomic E-state index is 5.84. The minimum absolute atomic E-state index is 0.272. The van der Waals surface area contributed by atoms with Crippen LogP contribution >= 0.6 is 0 Å². The van der Waals surface area contributed by atoms with Crippen molar-refractivity contribution in [3.05, 3.63) is 35.4 Å². The molecule has 3 nitrogen and oxygen atoms in total. The maximum Gasteiger partial charge on any atom is 0.112 e. The minimum Gasteiger partial charge on any atom is -0.366 e. The van der Waals surface area contributed by atoms with Crippen molar-refractivity contribution in [3.63, 3.8) is 0 Å². The molecule has 4 unspecified atom stereocenters. The summed E-state index contributed by atoms with van der Waals surface area (Å²) in [5.74, 6) is 2.92. The van der Waals surface area contributed by atoms with Gasteiger partial charge in [-0.3, -0.25) is 4.90 Å². The molecular formula is C25H42N2O. The average molecular weight is 387 g/mol. The molecular weight excluding hydrogens is 344 g/mol. The summed E-state index contributed by atoms with van der Waals surface area (Å²) in [6.45, 7) is 11.6. The Hall–Kier alpha value is -0.900. The van der Waals surface area contributed by atoms with Gasteiger partial charge < -0.3 is 9.64 Å². The van der Waals surface area contributed by atoms with Gasteiger partial charge in [-0.05, 0) is 74.1 Å². The van der Waals surface area contributed by atoms with Gasteiger partial charge in [0.1, 0.15) is 6.23 Å². The largest absolute Gasteiger partial charge is 0.366 e. The quantitative estimate of drug-likeness (QED) is 0.593. The number of hydrogen-bond acceptors (Lipinski definition) is 3. The van der Waals surface area contributed by atoms with Crippen LogP contribution in [-0.4, -0.2) is 56.4 Å². The standard InChI is InChI=1S/C25H42N2O/c1-6-15-26(4)16-14-20-10-12-21(13-11-20)23-9-7-8-22-17-27(18-24(22)23)25(28-5)19(2)3/h10-13,19,22-25H,6-9,14-18H2,1-5H3. The Morgan fingerprint density at radius 1 is 1.11 bits per heavy atom. The highest BCUT2D eigenvalue weighted by Crippen LogP contribution is 2.46. The monoisotopic (exact) mass is 386 g/mol. The van der Waals surface area contributed by atoms with E-state index in [4.69, 9.17) is 4.74 Å². The summed E-state index contributed by atoms with van der Waals surface area (Å²) in [6, 6.07) is 9.64. The third-order valence-electron chi connectivity index (χ3n) is 7.09. The van der Waals surface area contributed by atoms with Gasteiger partial charge in [0, 0.05) is 26.7 Å². The van der Waals surface area contributed by atoms with Crippen molar-refractivity contribution in [1.82, 2.24) is 9.80 Å². The number of ether oxygens (including phenoxy) is 1. The molecule has 3 rings (SSSR count).